The van der Waals surface area contributed by atoms with Crippen LogP contribution in [0.4, 0.5) is 0 Å². The Bertz CT molecular complexity index is 583. The van der Waals surface area contributed by atoms with Crippen LogP contribution < -0.4 is 0 Å². The minimum Gasteiger partial charge on any atom is -0.345 e. The molecule has 2 rings (SSSR count). The molecule has 0 spiro atoms. The molecule has 0 aliphatic rings. The van der Waals surface area contributed by atoms with E-state index < -0.39 is 0 Å². The van der Waals surface area contributed by atoms with E-state index in [1.807, 2.05) is 10.9 Å². The molecule has 4 nitrogen and oxygen atoms in total. The van der Waals surface area contributed by atoms with Gasteiger partial charge < -0.3 is 4.98 Å². The number of nitrogens with one attached hydrogen (secondary N) is 1. The number of H-pyrrole nitrogens is 1. The molecule has 0 radical (unpaired) electrons. The first kappa shape index (κ1) is 13.0. The van der Waals surface area contributed by atoms with Crippen LogP contribution in [-0.2, 0) is 6.54 Å². The van der Waals surface area contributed by atoms with E-state index in [-0.39, 0.29) is 0 Å². The maximum absolute atomic E-state index is 5.32. The van der Waals surface area contributed by atoms with Gasteiger partial charge >= 0.3 is 0 Å². The van der Waals surface area contributed by atoms with Crippen molar-refractivity contribution >= 4 is 12.2 Å². The predicted molar refractivity (Wildman–Crippen MR) is 75.0 cm³/mol. The number of aromatic amines is 1. The summed E-state index contributed by atoms with van der Waals surface area (Å²) >= 11 is 5.32. The highest BCUT2D eigenvalue weighted by Gasteiger charge is 2.13. The van der Waals surface area contributed by atoms with Crippen molar-refractivity contribution in [2.24, 2.45) is 0 Å². The maximum Gasteiger partial charge on any atom is 0.133 e. The standard InChI is InChI=1S/C13H18N4S/c1-4-5-17-7-10(6-16-17)12-11(9(2)3)13(18)15-8-14-12/h6-9H,4-5H2,1-3H3,(H,14,15,18). The molecular formula is C13H18N4S. The van der Waals surface area contributed by atoms with E-state index in [9.17, 15) is 0 Å². The number of aromatic nitrogens is 4. The highest BCUT2D eigenvalue weighted by molar-refractivity contribution is 7.71. The van der Waals surface area contributed by atoms with E-state index >= 15 is 0 Å². The van der Waals surface area contributed by atoms with Crippen molar-refractivity contribution in [3.63, 3.8) is 0 Å². The van der Waals surface area contributed by atoms with Crippen LogP contribution in [0.15, 0.2) is 18.7 Å². The van der Waals surface area contributed by atoms with Gasteiger partial charge in [0.15, 0.2) is 0 Å². The summed E-state index contributed by atoms with van der Waals surface area (Å²) in [6, 6.07) is 0. The largest absolute Gasteiger partial charge is 0.345 e. The Labute approximate surface area is 112 Å². The number of aryl methyl sites for hydroxylation is 1. The molecule has 5 heteroatoms. The maximum atomic E-state index is 5.32. The first-order valence-electron chi connectivity index (χ1n) is 6.24. The number of hydrogen-bond acceptors (Lipinski definition) is 3. The Morgan fingerprint density at radius 1 is 1.44 bits per heavy atom. The fourth-order valence-electron chi connectivity index (χ4n) is 2.03. The smallest absolute Gasteiger partial charge is 0.133 e. The third-order valence-corrected chi connectivity index (χ3v) is 3.17. The second-order valence-corrected chi connectivity index (χ2v) is 5.03. The normalized spacial score (nSPS) is 11.1. The molecule has 0 bridgehead atoms. The number of rotatable bonds is 4. The summed E-state index contributed by atoms with van der Waals surface area (Å²) in [7, 11) is 0. The Morgan fingerprint density at radius 2 is 2.22 bits per heavy atom. The van der Waals surface area contributed by atoms with E-state index in [1.54, 1.807) is 6.33 Å². The summed E-state index contributed by atoms with van der Waals surface area (Å²) in [6.07, 6.45) is 6.66. The molecule has 0 aliphatic heterocycles. The van der Waals surface area contributed by atoms with E-state index in [2.05, 4.69) is 42.0 Å². The molecule has 18 heavy (non-hydrogen) atoms. The van der Waals surface area contributed by atoms with Gasteiger partial charge in [-0.05, 0) is 12.3 Å². The summed E-state index contributed by atoms with van der Waals surface area (Å²) < 4.78 is 2.62. The zero-order valence-electron chi connectivity index (χ0n) is 11.0. The Kier molecular flexibility index (Phi) is 3.91. The molecule has 0 aromatic carbocycles. The number of nitrogens with zero attached hydrogens (tertiary/aromatic N) is 3. The molecule has 2 aromatic rings. The molecule has 2 aromatic heterocycles. The molecule has 96 valence electrons. The third-order valence-electron chi connectivity index (χ3n) is 2.84. The third kappa shape index (κ3) is 2.51. The van der Waals surface area contributed by atoms with Crippen molar-refractivity contribution in [1.29, 1.82) is 0 Å². The van der Waals surface area contributed by atoms with Crippen molar-refractivity contribution in [3.05, 3.63) is 28.9 Å². The van der Waals surface area contributed by atoms with Crippen LogP contribution in [0.1, 0.15) is 38.7 Å². The van der Waals surface area contributed by atoms with Crippen LogP contribution in [0.25, 0.3) is 11.3 Å². The zero-order valence-corrected chi connectivity index (χ0v) is 11.8. The van der Waals surface area contributed by atoms with E-state index in [0.717, 1.165) is 29.8 Å². The van der Waals surface area contributed by atoms with Gasteiger partial charge in [-0.25, -0.2) is 4.98 Å². The second-order valence-electron chi connectivity index (χ2n) is 4.64. The lowest BCUT2D eigenvalue weighted by Gasteiger charge is -2.10. The zero-order chi connectivity index (χ0) is 13.1. The first-order chi connectivity index (χ1) is 8.63. The summed E-state index contributed by atoms with van der Waals surface area (Å²) in [5, 5.41) is 4.35. The van der Waals surface area contributed by atoms with Gasteiger partial charge in [0.2, 0.25) is 0 Å². The lowest BCUT2D eigenvalue weighted by Crippen LogP contribution is -1.98. The molecule has 0 saturated heterocycles. The van der Waals surface area contributed by atoms with E-state index in [4.69, 9.17) is 12.2 Å². The van der Waals surface area contributed by atoms with E-state index in [0.29, 0.717) is 10.6 Å². The molecule has 0 atom stereocenters. The molecule has 1 N–H and O–H groups in total. The van der Waals surface area contributed by atoms with Crippen molar-refractivity contribution in [1.82, 2.24) is 19.7 Å². The van der Waals surface area contributed by atoms with Gasteiger partial charge in [0.25, 0.3) is 0 Å². The summed E-state index contributed by atoms with van der Waals surface area (Å²) in [5.74, 6) is 0.340. The van der Waals surface area contributed by atoms with Crippen LogP contribution in [0, 0.1) is 4.64 Å². The molecular weight excluding hydrogens is 244 g/mol. The molecule has 2 heterocycles. The van der Waals surface area contributed by atoms with Crippen LogP contribution in [0.3, 0.4) is 0 Å². The molecule has 0 saturated carbocycles. The minimum absolute atomic E-state index is 0.340. The highest BCUT2D eigenvalue weighted by Crippen LogP contribution is 2.26. The van der Waals surface area contributed by atoms with Crippen LogP contribution in [0.2, 0.25) is 0 Å². The van der Waals surface area contributed by atoms with Gasteiger partial charge in [0.05, 0.1) is 18.2 Å². The first-order valence-corrected chi connectivity index (χ1v) is 6.64. The molecule has 0 amide bonds. The molecule has 0 aliphatic carbocycles. The predicted octanol–water partition coefficient (Wildman–Crippen LogP) is 3.54. The number of hydrogen-bond donors (Lipinski definition) is 1. The summed E-state index contributed by atoms with van der Waals surface area (Å²) in [5.41, 5.74) is 3.19. The van der Waals surface area contributed by atoms with Crippen molar-refractivity contribution in [2.45, 2.75) is 39.7 Å². The van der Waals surface area contributed by atoms with Crippen molar-refractivity contribution < 1.29 is 0 Å². The van der Waals surface area contributed by atoms with Gasteiger partial charge in [-0.1, -0.05) is 33.0 Å². The van der Waals surface area contributed by atoms with Crippen molar-refractivity contribution in [2.75, 3.05) is 0 Å². The van der Waals surface area contributed by atoms with Gasteiger partial charge in [0, 0.05) is 23.9 Å². The van der Waals surface area contributed by atoms with E-state index in [1.165, 1.54) is 0 Å². The van der Waals surface area contributed by atoms with Gasteiger partial charge in [-0.2, -0.15) is 5.10 Å². The fraction of sp³-hybridized carbons (Fsp3) is 0.462. The average Bonchev–Trinajstić information content (AvgIpc) is 2.77. The lowest BCUT2D eigenvalue weighted by atomic mass is 10.0. The average molecular weight is 262 g/mol. The van der Waals surface area contributed by atoms with Crippen LogP contribution in [-0.4, -0.2) is 19.7 Å². The molecule has 0 unspecified atom stereocenters. The fourth-order valence-corrected chi connectivity index (χ4v) is 2.42. The summed E-state index contributed by atoms with van der Waals surface area (Å²) in [4.78, 5) is 7.36. The minimum atomic E-state index is 0.340. The monoisotopic (exact) mass is 262 g/mol. The highest BCUT2D eigenvalue weighted by atomic mass is 32.1. The van der Waals surface area contributed by atoms with Crippen molar-refractivity contribution in [3.8, 4) is 11.3 Å². The van der Waals surface area contributed by atoms with Gasteiger partial charge in [-0.3, -0.25) is 4.68 Å². The lowest BCUT2D eigenvalue weighted by molar-refractivity contribution is 0.603. The topological polar surface area (TPSA) is 46.5 Å². The van der Waals surface area contributed by atoms with Gasteiger partial charge in [0.1, 0.15) is 4.64 Å². The van der Waals surface area contributed by atoms with Crippen LogP contribution >= 0.6 is 12.2 Å². The molecule has 0 fully saturated rings. The SMILES string of the molecule is CCCn1cc(-c2[nH]cnc(=S)c2C(C)C)cn1. The van der Waals surface area contributed by atoms with Crippen LogP contribution in [0.5, 0.6) is 0 Å². The Balaban J connectivity index is 2.49. The second kappa shape index (κ2) is 5.44. The summed E-state index contributed by atoms with van der Waals surface area (Å²) in [6.45, 7) is 7.32. The Morgan fingerprint density at radius 3 is 2.89 bits per heavy atom. The Hall–Kier alpha value is -1.49. The quantitative estimate of drug-likeness (QED) is 0.857. The van der Waals surface area contributed by atoms with Gasteiger partial charge in [-0.15, -0.1) is 0 Å².